The van der Waals surface area contributed by atoms with Crippen molar-refractivity contribution in [3.63, 3.8) is 0 Å². The molecule has 1 N–H and O–H groups in total. The Hall–Kier alpha value is -3.46. The highest BCUT2D eigenvalue weighted by atomic mass is 32.2. The summed E-state index contributed by atoms with van der Waals surface area (Å²) < 4.78 is 41.6. The van der Waals surface area contributed by atoms with E-state index in [-0.39, 0.29) is 10.3 Å². The molecule has 1 saturated heterocycles. The molecule has 6 rings (SSSR count). The van der Waals surface area contributed by atoms with Gasteiger partial charge in [0.25, 0.3) is 10.1 Å². The molecule has 7 nitrogen and oxygen atoms in total. The van der Waals surface area contributed by atoms with Crippen molar-refractivity contribution in [2.75, 3.05) is 50.2 Å². The average molecular weight is 615 g/mol. The second-order valence-corrected chi connectivity index (χ2v) is 14.9. The normalized spacial score (nSPS) is 24.7. The van der Waals surface area contributed by atoms with E-state index in [9.17, 15) is 13.0 Å². The average Bonchev–Trinajstić information content (AvgIpc) is 3.52. The number of allylic oxidation sites excluding steroid dienone is 8. The zero-order valence-corrected chi connectivity index (χ0v) is 27.8. The highest BCUT2D eigenvalue weighted by Gasteiger charge is 2.40. The fourth-order valence-corrected chi connectivity index (χ4v) is 8.02. The third kappa shape index (κ3) is 5.07. The van der Waals surface area contributed by atoms with Gasteiger partial charge in [-0.05, 0) is 67.3 Å². The lowest BCUT2D eigenvalue weighted by molar-refractivity contribution is -0.548. The number of likely N-dealkylation sites (N-methyl/N-ethyl adjacent to an activating group) is 2. The number of rotatable bonds is 3. The Morgan fingerprint density at radius 3 is 1.82 bits per heavy atom. The monoisotopic (exact) mass is 614 g/mol. The van der Waals surface area contributed by atoms with Crippen LogP contribution in [0.1, 0.15) is 57.2 Å². The van der Waals surface area contributed by atoms with Gasteiger partial charge < -0.3 is 14.5 Å². The summed E-state index contributed by atoms with van der Waals surface area (Å²) in [5, 5.41) is 0. The SMILES string of the molecule is Cc1ccc2c(c1)C(C)(C)C(=CC=C1CC/C(=C\C=C3\N(C)c4ccc(S(=O)(=O)O)cc4C3(C)C)C1=[N+]1CCOCC1)N2C. The third-order valence-corrected chi connectivity index (χ3v) is 10.8. The Labute approximate surface area is 262 Å². The lowest BCUT2D eigenvalue weighted by atomic mass is 9.83. The predicted octanol–water partition coefficient (Wildman–Crippen LogP) is 6.29. The molecule has 44 heavy (non-hydrogen) atoms. The Bertz CT molecular complexity index is 1800. The second-order valence-electron chi connectivity index (χ2n) is 13.5. The summed E-state index contributed by atoms with van der Waals surface area (Å²) in [6, 6.07) is 11.6. The zero-order chi connectivity index (χ0) is 31.6. The van der Waals surface area contributed by atoms with Crippen molar-refractivity contribution in [1.29, 1.82) is 0 Å². The van der Waals surface area contributed by atoms with E-state index in [0.29, 0.717) is 0 Å². The first-order valence-electron chi connectivity index (χ1n) is 15.4. The van der Waals surface area contributed by atoms with Gasteiger partial charge in [0, 0.05) is 58.8 Å². The Morgan fingerprint density at radius 2 is 1.30 bits per heavy atom. The number of aryl methyl sites for hydroxylation is 1. The summed E-state index contributed by atoms with van der Waals surface area (Å²) >= 11 is 0. The molecule has 3 aliphatic heterocycles. The van der Waals surface area contributed by atoms with Crippen molar-refractivity contribution in [3.8, 4) is 0 Å². The van der Waals surface area contributed by atoms with Crippen molar-refractivity contribution >= 4 is 27.2 Å². The minimum atomic E-state index is -4.28. The van der Waals surface area contributed by atoms with Crippen molar-refractivity contribution in [2.45, 2.75) is 63.2 Å². The number of nitrogens with zero attached hydrogens (tertiary/aromatic N) is 3. The predicted molar refractivity (Wildman–Crippen MR) is 178 cm³/mol. The Morgan fingerprint density at radius 1 is 0.795 bits per heavy atom. The molecule has 1 saturated carbocycles. The molecule has 4 aliphatic rings. The maximum Gasteiger partial charge on any atom is 0.294 e. The molecule has 232 valence electrons. The zero-order valence-electron chi connectivity index (χ0n) is 26.9. The highest BCUT2D eigenvalue weighted by molar-refractivity contribution is 7.85. The van der Waals surface area contributed by atoms with E-state index in [2.05, 4.69) is 98.5 Å². The number of fused-ring (bicyclic) bond motifs is 2. The minimum Gasteiger partial charge on any atom is -0.368 e. The molecule has 0 radical (unpaired) electrons. The number of morpholine rings is 1. The maximum atomic E-state index is 11.9. The summed E-state index contributed by atoms with van der Waals surface area (Å²) in [7, 11) is -0.0973. The molecule has 1 aliphatic carbocycles. The van der Waals surface area contributed by atoms with Gasteiger partial charge in [0.1, 0.15) is 13.2 Å². The molecular weight excluding hydrogens is 570 g/mol. The largest absolute Gasteiger partial charge is 0.368 e. The molecule has 8 heteroatoms. The van der Waals surface area contributed by atoms with Gasteiger partial charge in [0.05, 0.1) is 4.90 Å². The van der Waals surface area contributed by atoms with Crippen LogP contribution in [0.3, 0.4) is 0 Å². The van der Waals surface area contributed by atoms with Gasteiger partial charge in [-0.15, -0.1) is 0 Å². The fraction of sp³-hybridized carbons (Fsp3) is 0.417. The van der Waals surface area contributed by atoms with Crippen LogP contribution in [0.2, 0.25) is 0 Å². The number of benzene rings is 2. The van der Waals surface area contributed by atoms with Crippen molar-refractivity contribution in [1.82, 2.24) is 0 Å². The summed E-state index contributed by atoms with van der Waals surface area (Å²) in [6.45, 7) is 14.2. The van der Waals surface area contributed by atoms with Crippen LogP contribution in [0, 0.1) is 6.92 Å². The summed E-state index contributed by atoms with van der Waals surface area (Å²) in [5.41, 5.74) is 11.6. The van der Waals surface area contributed by atoms with Gasteiger partial charge in [-0.2, -0.15) is 8.42 Å². The van der Waals surface area contributed by atoms with Gasteiger partial charge in [-0.25, -0.2) is 4.58 Å². The molecule has 2 fully saturated rings. The molecule has 3 heterocycles. The van der Waals surface area contributed by atoms with Crippen LogP contribution in [-0.2, 0) is 25.7 Å². The van der Waals surface area contributed by atoms with E-state index in [0.717, 1.165) is 56.1 Å². The summed E-state index contributed by atoms with van der Waals surface area (Å²) in [4.78, 5) is 4.39. The van der Waals surface area contributed by atoms with E-state index < -0.39 is 15.5 Å². The molecule has 0 amide bonds. The van der Waals surface area contributed by atoms with Crippen LogP contribution < -0.4 is 9.80 Å². The van der Waals surface area contributed by atoms with E-state index >= 15 is 0 Å². The van der Waals surface area contributed by atoms with Gasteiger partial charge in [-0.3, -0.25) is 4.55 Å². The molecule has 0 spiro atoms. The third-order valence-electron chi connectivity index (χ3n) is 9.97. The Balaban J connectivity index is 1.38. The first kappa shape index (κ1) is 30.6. The van der Waals surface area contributed by atoms with Gasteiger partial charge in [0.2, 0.25) is 5.71 Å². The maximum absolute atomic E-state index is 11.9. The van der Waals surface area contributed by atoms with Crippen molar-refractivity contribution < 1.29 is 22.3 Å². The van der Waals surface area contributed by atoms with Gasteiger partial charge in [-0.1, -0.05) is 57.5 Å². The smallest absolute Gasteiger partial charge is 0.294 e. The molecule has 0 unspecified atom stereocenters. The molecule has 0 atom stereocenters. The highest BCUT2D eigenvalue weighted by Crippen LogP contribution is 2.49. The summed E-state index contributed by atoms with van der Waals surface area (Å²) in [5.74, 6) is 0. The van der Waals surface area contributed by atoms with Crippen molar-refractivity contribution in [3.05, 3.63) is 99.9 Å². The fourth-order valence-electron chi connectivity index (χ4n) is 7.52. The number of anilines is 2. The van der Waals surface area contributed by atoms with Crippen LogP contribution in [0.4, 0.5) is 11.4 Å². The summed E-state index contributed by atoms with van der Waals surface area (Å²) in [6.07, 6.45) is 11.0. The topological polar surface area (TPSA) is 73.1 Å². The van der Waals surface area contributed by atoms with Crippen LogP contribution >= 0.6 is 0 Å². The van der Waals surface area contributed by atoms with Crippen LogP contribution in [0.15, 0.2) is 88.1 Å². The van der Waals surface area contributed by atoms with Gasteiger partial charge in [0.15, 0.2) is 13.1 Å². The lowest BCUT2D eigenvalue weighted by Gasteiger charge is -2.24. The molecule has 2 aromatic carbocycles. The van der Waals surface area contributed by atoms with Crippen LogP contribution in [0.25, 0.3) is 0 Å². The first-order valence-corrected chi connectivity index (χ1v) is 16.9. The molecule has 2 aromatic rings. The lowest BCUT2D eigenvalue weighted by Crippen LogP contribution is -2.33. The standard InChI is InChI=1S/C36H43N3O4S/c1-24-8-14-30-28(22-24)35(2,3)32(37(30)6)16-11-25-9-10-26(34(25)39-18-20-43-21-19-39)12-17-33-36(4,5)29-23-27(44(40,41)42)13-15-31(29)38(33)7/h8,11-17,22-23H,9-10,18-21H2,1-7H3/p+1. The first-order chi connectivity index (χ1) is 20.7. The van der Waals surface area contributed by atoms with E-state index in [1.165, 1.54) is 45.4 Å². The number of hydrogen-bond donors (Lipinski definition) is 1. The van der Waals surface area contributed by atoms with E-state index in [4.69, 9.17) is 4.74 Å². The quantitative estimate of drug-likeness (QED) is 0.324. The molecular formula is C36H44N3O4S+. The molecule has 0 bridgehead atoms. The van der Waals surface area contributed by atoms with Gasteiger partial charge >= 0.3 is 0 Å². The second kappa shape index (κ2) is 10.9. The Kier molecular flexibility index (Phi) is 7.54. The minimum absolute atomic E-state index is 0.0747. The van der Waals surface area contributed by atoms with Crippen LogP contribution in [-0.4, -0.2) is 63.7 Å². The number of ether oxygens (including phenoxy) is 1. The van der Waals surface area contributed by atoms with Crippen molar-refractivity contribution in [2.24, 2.45) is 0 Å². The number of hydrogen-bond acceptors (Lipinski definition) is 5. The molecule has 0 aromatic heterocycles. The van der Waals surface area contributed by atoms with E-state index in [1.807, 2.05) is 7.05 Å². The van der Waals surface area contributed by atoms with E-state index in [1.54, 1.807) is 12.1 Å². The van der Waals surface area contributed by atoms with Crippen LogP contribution in [0.5, 0.6) is 0 Å².